The zero-order valence-corrected chi connectivity index (χ0v) is 30.0. The monoisotopic (exact) mass is 714 g/mol. The third-order valence-corrected chi connectivity index (χ3v) is 11.3. The highest BCUT2D eigenvalue weighted by Crippen LogP contribution is 2.41. The van der Waals surface area contributed by atoms with Crippen LogP contribution in [-0.4, -0.2) is 9.97 Å². The van der Waals surface area contributed by atoms with E-state index in [1.165, 1.54) is 37.9 Å². The smallest absolute Gasteiger partial charge is 0.180 e. The quantitative estimate of drug-likeness (QED) is 0.170. The van der Waals surface area contributed by atoms with E-state index in [0.29, 0.717) is 11.4 Å². The highest BCUT2D eigenvalue weighted by Gasteiger charge is 2.20. The molecule has 0 atom stereocenters. The second-order valence-electron chi connectivity index (χ2n) is 14.5. The van der Waals surface area contributed by atoms with Crippen molar-refractivity contribution in [3.63, 3.8) is 0 Å². The largest absolute Gasteiger partial charge is 0.456 e. The lowest BCUT2D eigenvalue weighted by molar-refractivity contribution is 0.666. The SMILES string of the molecule is c1ccc(-c2nc(-c3ccc4c(c3)oc3ccccc34)c3oc4cc(-c5cccc(-c6ccc7c8ccccc8c8ccccc8c7c6)c5)ccc4c3n2)cc1. The van der Waals surface area contributed by atoms with Crippen LogP contribution in [0.1, 0.15) is 0 Å². The van der Waals surface area contributed by atoms with E-state index in [1.807, 2.05) is 48.5 Å². The summed E-state index contributed by atoms with van der Waals surface area (Å²) in [6, 6.07) is 64.0. The summed E-state index contributed by atoms with van der Waals surface area (Å²) in [5, 5.41) is 10.7. The van der Waals surface area contributed by atoms with Crippen molar-refractivity contribution in [2.45, 2.75) is 0 Å². The first kappa shape index (κ1) is 30.9. The minimum atomic E-state index is 0.647. The summed E-state index contributed by atoms with van der Waals surface area (Å²) in [6.07, 6.45) is 0. The second-order valence-corrected chi connectivity index (χ2v) is 14.5. The number of hydrogen-bond donors (Lipinski definition) is 0. The molecular weight excluding hydrogens is 685 g/mol. The number of furan rings is 2. The van der Waals surface area contributed by atoms with Gasteiger partial charge in [0.05, 0.1) is 0 Å². The Morgan fingerprint density at radius 1 is 0.286 bits per heavy atom. The van der Waals surface area contributed by atoms with E-state index < -0.39 is 0 Å². The number of aromatic nitrogens is 2. The van der Waals surface area contributed by atoms with Gasteiger partial charge in [0.25, 0.3) is 0 Å². The summed E-state index contributed by atoms with van der Waals surface area (Å²) >= 11 is 0. The third-order valence-electron chi connectivity index (χ3n) is 11.3. The Hall–Kier alpha value is -7.56. The molecule has 9 aromatic carbocycles. The molecule has 0 saturated carbocycles. The van der Waals surface area contributed by atoms with Crippen molar-refractivity contribution in [2.75, 3.05) is 0 Å². The van der Waals surface area contributed by atoms with E-state index in [-0.39, 0.29) is 0 Å². The molecule has 0 radical (unpaired) electrons. The molecule has 0 amide bonds. The first-order chi connectivity index (χ1) is 27.7. The van der Waals surface area contributed by atoms with Gasteiger partial charge in [0.1, 0.15) is 28.0 Å². The summed E-state index contributed by atoms with van der Waals surface area (Å²) in [4.78, 5) is 10.2. The fourth-order valence-electron chi connectivity index (χ4n) is 8.57. The fourth-order valence-corrected chi connectivity index (χ4v) is 8.57. The van der Waals surface area contributed by atoms with Crippen LogP contribution < -0.4 is 0 Å². The zero-order chi connectivity index (χ0) is 36.7. The van der Waals surface area contributed by atoms with E-state index in [2.05, 4.69) is 133 Å². The summed E-state index contributed by atoms with van der Waals surface area (Å²) in [6.45, 7) is 0. The highest BCUT2D eigenvalue weighted by atomic mass is 16.3. The minimum absolute atomic E-state index is 0.647. The van der Waals surface area contributed by atoms with Gasteiger partial charge < -0.3 is 8.83 Å². The summed E-state index contributed by atoms with van der Waals surface area (Å²) < 4.78 is 13.0. The Bertz CT molecular complexity index is 3510. The van der Waals surface area contributed by atoms with E-state index in [1.54, 1.807) is 0 Å². The Balaban J connectivity index is 0.998. The van der Waals surface area contributed by atoms with Crippen LogP contribution >= 0.6 is 0 Å². The molecule has 0 bridgehead atoms. The maximum absolute atomic E-state index is 6.75. The standard InChI is InChI=1S/C52H30N2O2/c1-2-11-31(12-3-1)52-53-49(36-23-25-43-42-19-8-9-20-46(42)55-47(43)30-36)51-50(54-52)44-26-22-35(29-48(44)56-51)33-14-10-13-32(27-33)34-21-24-41-39-17-5-4-15-37(39)38-16-6-7-18-40(38)45(41)28-34/h1-30H. The number of nitrogens with zero attached hydrogens (tertiary/aromatic N) is 2. The lowest BCUT2D eigenvalue weighted by atomic mass is 9.91. The molecule has 0 fully saturated rings. The molecule has 12 aromatic rings. The molecule has 0 spiro atoms. The van der Waals surface area contributed by atoms with Gasteiger partial charge >= 0.3 is 0 Å². The molecule has 0 aliphatic carbocycles. The maximum Gasteiger partial charge on any atom is 0.180 e. The van der Waals surface area contributed by atoms with Gasteiger partial charge in [-0.1, -0.05) is 140 Å². The molecule has 0 saturated heterocycles. The van der Waals surface area contributed by atoms with Gasteiger partial charge in [-0.05, 0) is 97.0 Å². The van der Waals surface area contributed by atoms with Crippen LogP contribution in [0.2, 0.25) is 0 Å². The van der Waals surface area contributed by atoms with Crippen LogP contribution in [0.4, 0.5) is 0 Å². The van der Waals surface area contributed by atoms with Gasteiger partial charge in [-0.15, -0.1) is 0 Å². The van der Waals surface area contributed by atoms with Crippen LogP contribution in [0, 0.1) is 0 Å². The molecular formula is C52H30N2O2. The van der Waals surface area contributed by atoms with E-state index in [9.17, 15) is 0 Å². The number of benzene rings is 9. The molecule has 4 heteroatoms. The summed E-state index contributed by atoms with van der Waals surface area (Å²) in [5.74, 6) is 0.647. The van der Waals surface area contributed by atoms with E-state index in [0.717, 1.165) is 71.9 Å². The molecule has 56 heavy (non-hydrogen) atoms. The molecule has 12 rings (SSSR count). The number of hydrogen-bond acceptors (Lipinski definition) is 4. The lowest BCUT2D eigenvalue weighted by Crippen LogP contribution is -1.93. The highest BCUT2D eigenvalue weighted by molar-refractivity contribution is 6.25. The zero-order valence-electron chi connectivity index (χ0n) is 30.0. The number of fused-ring (bicyclic) bond motifs is 12. The van der Waals surface area contributed by atoms with Crippen LogP contribution in [-0.2, 0) is 0 Å². The van der Waals surface area contributed by atoms with Crippen molar-refractivity contribution in [1.29, 1.82) is 0 Å². The van der Waals surface area contributed by atoms with Crippen LogP contribution in [0.3, 0.4) is 0 Å². The number of para-hydroxylation sites is 1. The topological polar surface area (TPSA) is 52.1 Å². The van der Waals surface area contributed by atoms with Crippen molar-refractivity contribution in [1.82, 2.24) is 9.97 Å². The second kappa shape index (κ2) is 12.0. The van der Waals surface area contributed by atoms with Crippen molar-refractivity contribution < 1.29 is 8.83 Å². The predicted octanol–water partition coefficient (Wildman–Crippen LogP) is 14.4. The molecule has 4 nitrogen and oxygen atoms in total. The Kier molecular flexibility index (Phi) is 6.60. The van der Waals surface area contributed by atoms with Gasteiger partial charge in [0.15, 0.2) is 11.4 Å². The molecule has 0 aliphatic heterocycles. The van der Waals surface area contributed by atoms with Crippen LogP contribution in [0.15, 0.2) is 191 Å². The molecule has 0 N–H and O–H groups in total. The van der Waals surface area contributed by atoms with Crippen molar-refractivity contribution in [3.05, 3.63) is 182 Å². The van der Waals surface area contributed by atoms with Gasteiger partial charge in [-0.25, -0.2) is 9.97 Å². The lowest BCUT2D eigenvalue weighted by Gasteiger charge is -2.12. The van der Waals surface area contributed by atoms with Crippen molar-refractivity contribution in [3.8, 4) is 44.9 Å². The molecule has 260 valence electrons. The summed E-state index contributed by atoms with van der Waals surface area (Å²) in [5.41, 5.74) is 11.0. The van der Waals surface area contributed by atoms with Gasteiger partial charge in [-0.3, -0.25) is 0 Å². The van der Waals surface area contributed by atoms with Crippen molar-refractivity contribution >= 4 is 76.3 Å². The van der Waals surface area contributed by atoms with Crippen LogP contribution in [0.25, 0.3) is 121 Å². The minimum Gasteiger partial charge on any atom is -0.456 e. The summed E-state index contributed by atoms with van der Waals surface area (Å²) in [7, 11) is 0. The van der Waals surface area contributed by atoms with Gasteiger partial charge in [0.2, 0.25) is 0 Å². The first-order valence-corrected chi connectivity index (χ1v) is 18.9. The fraction of sp³-hybridized carbons (Fsp3) is 0. The maximum atomic E-state index is 6.75. The molecule has 0 aliphatic rings. The molecule has 3 aromatic heterocycles. The Labute approximate surface area is 320 Å². The third kappa shape index (κ3) is 4.73. The Morgan fingerprint density at radius 2 is 0.786 bits per heavy atom. The first-order valence-electron chi connectivity index (χ1n) is 18.9. The van der Waals surface area contributed by atoms with Gasteiger partial charge in [0, 0.05) is 27.3 Å². The van der Waals surface area contributed by atoms with E-state index >= 15 is 0 Å². The number of rotatable bonds is 4. The molecule has 3 heterocycles. The van der Waals surface area contributed by atoms with Crippen LogP contribution in [0.5, 0.6) is 0 Å². The van der Waals surface area contributed by atoms with Gasteiger partial charge in [-0.2, -0.15) is 0 Å². The normalized spacial score (nSPS) is 11.9. The van der Waals surface area contributed by atoms with E-state index in [4.69, 9.17) is 18.8 Å². The average Bonchev–Trinajstić information content (AvgIpc) is 3.84. The van der Waals surface area contributed by atoms with Crippen molar-refractivity contribution in [2.24, 2.45) is 0 Å². The predicted molar refractivity (Wildman–Crippen MR) is 231 cm³/mol. The molecule has 0 unspecified atom stereocenters. The Morgan fingerprint density at radius 3 is 1.54 bits per heavy atom. The average molecular weight is 715 g/mol.